The van der Waals surface area contributed by atoms with Gasteiger partial charge in [-0.3, -0.25) is 29.1 Å². The molecule has 0 spiro atoms. The Kier molecular flexibility index (Phi) is 2.03. The molecule has 5 rings (SSSR count). The van der Waals surface area contributed by atoms with Crippen molar-refractivity contribution in [3.8, 4) is 5.75 Å². The van der Waals surface area contributed by atoms with E-state index in [0.29, 0.717) is 16.3 Å². The quantitative estimate of drug-likeness (QED) is 0.325. The van der Waals surface area contributed by atoms with Crippen LogP contribution in [0.5, 0.6) is 5.75 Å². The molecule has 0 unspecified atom stereocenters. The monoisotopic (exact) mass is 321 g/mol. The molecular formula is C16H7N3O5. The number of phenolic OH excluding ortho intramolecular Hbond substituents is 1. The van der Waals surface area contributed by atoms with E-state index in [2.05, 4.69) is 15.0 Å². The molecule has 0 radical (unpaired) electrons. The molecule has 0 bridgehead atoms. The molecule has 0 aliphatic rings. The van der Waals surface area contributed by atoms with Gasteiger partial charge in [-0.15, -0.1) is 0 Å². The van der Waals surface area contributed by atoms with Crippen molar-refractivity contribution in [2.45, 2.75) is 0 Å². The van der Waals surface area contributed by atoms with Gasteiger partial charge in [0.1, 0.15) is 5.75 Å². The fourth-order valence-corrected chi connectivity index (χ4v) is 3.50. The molecule has 0 atom stereocenters. The van der Waals surface area contributed by atoms with E-state index in [-0.39, 0.29) is 32.8 Å². The van der Waals surface area contributed by atoms with Gasteiger partial charge in [0.25, 0.3) is 22.2 Å². The highest BCUT2D eigenvalue weighted by Gasteiger charge is 2.23. The van der Waals surface area contributed by atoms with Gasteiger partial charge in [-0.25, -0.2) is 0 Å². The first kappa shape index (κ1) is 12.8. The van der Waals surface area contributed by atoms with Crippen LogP contribution in [0.15, 0.2) is 37.4 Å². The maximum atomic E-state index is 12.3. The van der Waals surface area contributed by atoms with Gasteiger partial charge in [-0.1, -0.05) is 0 Å². The van der Waals surface area contributed by atoms with Crippen molar-refractivity contribution in [2.75, 3.05) is 0 Å². The van der Waals surface area contributed by atoms with Crippen molar-refractivity contribution < 1.29 is 5.11 Å². The zero-order valence-corrected chi connectivity index (χ0v) is 11.8. The fraction of sp³-hybridized carbons (Fsp3) is 0. The highest BCUT2D eigenvalue weighted by atomic mass is 16.3. The molecule has 2 aromatic carbocycles. The average molecular weight is 321 g/mol. The van der Waals surface area contributed by atoms with E-state index in [9.17, 15) is 24.3 Å². The summed E-state index contributed by atoms with van der Waals surface area (Å²) in [5.41, 5.74) is -1.89. The zero-order valence-electron chi connectivity index (χ0n) is 11.8. The van der Waals surface area contributed by atoms with E-state index in [1.807, 2.05) is 0 Å². The second-order valence-electron chi connectivity index (χ2n) is 5.67. The molecule has 0 aliphatic carbocycles. The lowest BCUT2D eigenvalue weighted by molar-refractivity contribution is 0.476. The van der Waals surface area contributed by atoms with Gasteiger partial charge in [0.2, 0.25) is 0 Å². The Bertz CT molecular complexity index is 1540. The SMILES string of the molecule is O=c1[nH]c(=O)c2c1c1[nH]c3cc(O)ccc3c1c1c(=O)[nH]c(=O)c21. The van der Waals surface area contributed by atoms with Crippen LogP contribution in [0.2, 0.25) is 0 Å². The summed E-state index contributed by atoms with van der Waals surface area (Å²) in [5, 5.41) is 10.5. The van der Waals surface area contributed by atoms with Crippen LogP contribution < -0.4 is 22.2 Å². The number of H-pyrrole nitrogens is 3. The Labute approximate surface area is 129 Å². The predicted octanol–water partition coefficient (Wildman–Crippen LogP) is 0.306. The Hall–Kier alpha value is -3.68. The molecular weight excluding hydrogens is 314 g/mol. The van der Waals surface area contributed by atoms with Gasteiger partial charge < -0.3 is 10.1 Å². The largest absolute Gasteiger partial charge is 0.508 e. The zero-order chi connectivity index (χ0) is 16.7. The summed E-state index contributed by atoms with van der Waals surface area (Å²) >= 11 is 0. The van der Waals surface area contributed by atoms with Gasteiger partial charge in [-0.2, -0.15) is 0 Å². The van der Waals surface area contributed by atoms with E-state index in [4.69, 9.17) is 0 Å². The third-order valence-corrected chi connectivity index (χ3v) is 4.39. The van der Waals surface area contributed by atoms with Gasteiger partial charge in [-0.05, 0) is 12.1 Å². The van der Waals surface area contributed by atoms with Crippen LogP contribution >= 0.6 is 0 Å². The number of nitrogens with one attached hydrogen (secondary N) is 3. The maximum absolute atomic E-state index is 12.3. The highest BCUT2D eigenvalue weighted by Crippen LogP contribution is 2.35. The summed E-state index contributed by atoms with van der Waals surface area (Å²) in [7, 11) is 0. The van der Waals surface area contributed by atoms with Gasteiger partial charge in [0, 0.05) is 16.8 Å². The second-order valence-corrected chi connectivity index (χ2v) is 5.67. The van der Waals surface area contributed by atoms with Crippen LogP contribution in [0, 0.1) is 0 Å². The van der Waals surface area contributed by atoms with Gasteiger partial charge in [0.15, 0.2) is 0 Å². The molecule has 24 heavy (non-hydrogen) atoms. The van der Waals surface area contributed by atoms with E-state index in [1.165, 1.54) is 12.1 Å². The van der Waals surface area contributed by atoms with E-state index in [0.717, 1.165) is 0 Å². The molecule has 0 saturated carbocycles. The Morgan fingerprint density at radius 3 is 1.88 bits per heavy atom. The van der Waals surface area contributed by atoms with Crippen LogP contribution in [0.3, 0.4) is 0 Å². The smallest absolute Gasteiger partial charge is 0.261 e. The molecule has 0 amide bonds. The third kappa shape index (κ3) is 1.29. The summed E-state index contributed by atoms with van der Waals surface area (Å²) in [4.78, 5) is 56.1. The number of hydrogen-bond acceptors (Lipinski definition) is 5. The van der Waals surface area contributed by atoms with Crippen LogP contribution in [-0.4, -0.2) is 20.1 Å². The van der Waals surface area contributed by atoms with Crippen LogP contribution in [0.25, 0.3) is 43.4 Å². The average Bonchev–Trinajstić information content (AvgIpc) is 3.11. The number of aromatic nitrogens is 3. The first-order chi connectivity index (χ1) is 11.5. The Morgan fingerprint density at radius 1 is 0.667 bits per heavy atom. The molecule has 0 aliphatic heterocycles. The minimum atomic E-state index is -0.709. The first-order valence-electron chi connectivity index (χ1n) is 7.03. The number of rotatable bonds is 0. The number of aromatic hydroxyl groups is 1. The number of benzene rings is 2. The van der Waals surface area contributed by atoms with E-state index < -0.39 is 22.2 Å². The summed E-state index contributed by atoms with van der Waals surface area (Å²) < 4.78 is 0. The molecule has 4 N–H and O–H groups in total. The van der Waals surface area contributed by atoms with Crippen molar-refractivity contribution in [2.24, 2.45) is 0 Å². The van der Waals surface area contributed by atoms with E-state index >= 15 is 0 Å². The number of hydrogen-bond donors (Lipinski definition) is 4. The Balaban J connectivity index is 2.36. The lowest BCUT2D eigenvalue weighted by Gasteiger charge is -1.96. The van der Waals surface area contributed by atoms with Crippen molar-refractivity contribution in [3.63, 3.8) is 0 Å². The standard InChI is InChI=1S/C16H7N3O5/c20-4-1-2-5-6(3-4)17-12-7(5)8-9(14(22)18-13(8)21)10-11(12)16(24)19-15(10)23/h1-3,17,20H,(H,18,21,22)(H,19,23,24). The molecule has 8 nitrogen and oxygen atoms in total. The van der Waals surface area contributed by atoms with Crippen LogP contribution in [0.4, 0.5) is 0 Å². The van der Waals surface area contributed by atoms with E-state index in [1.54, 1.807) is 6.07 Å². The summed E-state index contributed by atoms with van der Waals surface area (Å²) in [6, 6.07) is 4.47. The number of phenols is 1. The molecule has 8 heteroatoms. The lowest BCUT2D eigenvalue weighted by atomic mass is 10.0. The molecule has 0 fully saturated rings. The lowest BCUT2D eigenvalue weighted by Crippen LogP contribution is -2.08. The summed E-state index contributed by atoms with van der Waals surface area (Å²) in [6.07, 6.45) is 0. The number of aromatic amines is 3. The molecule has 5 aromatic rings. The third-order valence-electron chi connectivity index (χ3n) is 4.39. The van der Waals surface area contributed by atoms with Gasteiger partial charge >= 0.3 is 0 Å². The van der Waals surface area contributed by atoms with Crippen molar-refractivity contribution in [3.05, 3.63) is 59.6 Å². The molecule has 3 aromatic heterocycles. The topological polar surface area (TPSA) is 136 Å². The van der Waals surface area contributed by atoms with Crippen molar-refractivity contribution >= 4 is 43.4 Å². The summed E-state index contributed by atoms with van der Waals surface area (Å²) in [6.45, 7) is 0. The first-order valence-corrected chi connectivity index (χ1v) is 7.03. The fourth-order valence-electron chi connectivity index (χ4n) is 3.50. The second kappa shape index (κ2) is 3.80. The van der Waals surface area contributed by atoms with Crippen molar-refractivity contribution in [1.29, 1.82) is 0 Å². The normalized spacial score (nSPS) is 12.2. The minimum Gasteiger partial charge on any atom is -0.508 e. The number of fused-ring (bicyclic) bond motifs is 8. The molecule has 116 valence electrons. The van der Waals surface area contributed by atoms with Crippen LogP contribution in [-0.2, 0) is 0 Å². The Morgan fingerprint density at radius 2 is 1.21 bits per heavy atom. The maximum Gasteiger partial charge on any atom is 0.261 e. The highest BCUT2D eigenvalue weighted by molar-refractivity contribution is 6.31. The van der Waals surface area contributed by atoms with Crippen molar-refractivity contribution in [1.82, 2.24) is 15.0 Å². The van der Waals surface area contributed by atoms with Crippen LogP contribution in [0.1, 0.15) is 0 Å². The molecule has 3 heterocycles. The predicted molar refractivity (Wildman–Crippen MR) is 88.6 cm³/mol. The summed E-state index contributed by atoms with van der Waals surface area (Å²) in [5.74, 6) is 0.00315. The van der Waals surface area contributed by atoms with Gasteiger partial charge in [0.05, 0.1) is 32.6 Å². The molecule has 0 saturated heterocycles. The minimum absolute atomic E-state index is 0.00315.